The Labute approximate surface area is 225 Å². The fraction of sp³-hybridized carbons (Fsp3) is 0.419. The Balaban J connectivity index is 1.96. The molecule has 0 spiro atoms. The molecule has 2 atom stereocenters. The summed E-state index contributed by atoms with van der Waals surface area (Å²) < 4.78 is 1.50. The van der Waals surface area contributed by atoms with E-state index in [4.69, 9.17) is 0 Å². The average Bonchev–Trinajstić information content (AvgIpc) is 2.82. The molecule has 1 aromatic carbocycles. The third-order valence-corrected chi connectivity index (χ3v) is 6.78. The normalized spacial score (nSPS) is 13.1. The van der Waals surface area contributed by atoms with Crippen molar-refractivity contribution in [3.05, 3.63) is 87.6 Å². The molecule has 38 heavy (non-hydrogen) atoms. The largest absolute Gasteiger partial charge is 0.481 e. The molecule has 2 aromatic heterocycles. The van der Waals surface area contributed by atoms with Crippen molar-refractivity contribution in [1.82, 2.24) is 14.5 Å². The Morgan fingerprint density at radius 1 is 1.03 bits per heavy atom. The monoisotopic (exact) mass is 517 g/mol. The molecule has 0 radical (unpaired) electrons. The van der Waals surface area contributed by atoms with Crippen LogP contribution in [-0.4, -0.2) is 45.4 Å². The van der Waals surface area contributed by atoms with E-state index in [1.165, 1.54) is 4.57 Å². The van der Waals surface area contributed by atoms with Gasteiger partial charge >= 0.3 is 5.97 Å². The zero-order valence-corrected chi connectivity index (χ0v) is 23.3. The molecule has 1 N–H and O–H groups in total. The summed E-state index contributed by atoms with van der Waals surface area (Å²) in [5.41, 5.74) is 5.52. The van der Waals surface area contributed by atoms with E-state index in [1.54, 1.807) is 24.7 Å². The van der Waals surface area contributed by atoms with Crippen molar-refractivity contribution in [1.29, 1.82) is 0 Å². The summed E-state index contributed by atoms with van der Waals surface area (Å²) in [7, 11) is 3.87. The van der Waals surface area contributed by atoms with Gasteiger partial charge in [-0.25, -0.2) is 0 Å². The van der Waals surface area contributed by atoms with Gasteiger partial charge in [-0.15, -0.1) is 0 Å². The molecule has 0 amide bonds. The van der Waals surface area contributed by atoms with Gasteiger partial charge in [-0.05, 0) is 80.2 Å². The number of carbonyl (C=O) groups is 2. The van der Waals surface area contributed by atoms with Crippen molar-refractivity contribution in [2.24, 2.45) is 5.92 Å². The maximum atomic E-state index is 13.7. The van der Waals surface area contributed by atoms with E-state index >= 15 is 0 Å². The molecule has 7 nitrogen and oxygen atoms in total. The van der Waals surface area contributed by atoms with E-state index in [-0.39, 0.29) is 30.1 Å². The van der Waals surface area contributed by atoms with Crippen molar-refractivity contribution >= 4 is 11.8 Å². The van der Waals surface area contributed by atoms with E-state index in [0.29, 0.717) is 18.5 Å². The topological polar surface area (TPSA) is 92.5 Å². The predicted molar refractivity (Wildman–Crippen MR) is 150 cm³/mol. The fourth-order valence-electron chi connectivity index (χ4n) is 5.08. The number of ketones is 1. The Kier molecular flexibility index (Phi) is 9.75. The molecular formula is C31H39N3O4. The number of aromatic nitrogens is 2. The number of carboxylic acid groups (broad SMARTS) is 1. The second kappa shape index (κ2) is 12.8. The number of aryl methyl sites for hydroxylation is 2. The van der Waals surface area contributed by atoms with Gasteiger partial charge in [-0.3, -0.25) is 19.4 Å². The molecule has 0 aliphatic carbocycles. The van der Waals surface area contributed by atoms with Crippen LogP contribution < -0.4 is 5.56 Å². The van der Waals surface area contributed by atoms with Crippen LogP contribution in [0, 0.1) is 19.8 Å². The summed E-state index contributed by atoms with van der Waals surface area (Å²) >= 11 is 0. The Morgan fingerprint density at radius 3 is 2.29 bits per heavy atom. The molecule has 3 rings (SSSR count). The lowest BCUT2D eigenvalue weighted by Crippen LogP contribution is -2.32. The number of pyridine rings is 2. The molecule has 0 saturated carbocycles. The third-order valence-electron chi connectivity index (χ3n) is 6.78. The molecule has 2 heterocycles. The van der Waals surface area contributed by atoms with Crippen LogP contribution in [0.25, 0.3) is 11.1 Å². The molecule has 0 aliphatic heterocycles. The van der Waals surface area contributed by atoms with Gasteiger partial charge in [0.25, 0.3) is 5.56 Å². The van der Waals surface area contributed by atoms with Gasteiger partial charge in [0.1, 0.15) is 0 Å². The highest BCUT2D eigenvalue weighted by atomic mass is 16.4. The van der Waals surface area contributed by atoms with Crippen LogP contribution in [0.1, 0.15) is 67.3 Å². The second-order valence-corrected chi connectivity index (χ2v) is 10.9. The number of nitrogens with zero attached hydrogens (tertiary/aromatic N) is 3. The lowest BCUT2D eigenvalue weighted by molar-refractivity contribution is -0.137. The number of carboxylic acids is 1. The molecular weight excluding hydrogens is 478 g/mol. The SMILES string of the molecule is Cc1cccc(C)c1-c1cncc([C@H](CC(=O)O)CC(=O)[C@H](CC(C)C)n2ccc(CN(C)C)cc2=O)c1. The van der Waals surface area contributed by atoms with Crippen LogP contribution in [0.3, 0.4) is 0 Å². The minimum Gasteiger partial charge on any atom is -0.481 e. The number of Topliss-reactive ketones (excluding diaryl/α,β-unsaturated/α-hetero) is 1. The summed E-state index contributed by atoms with van der Waals surface area (Å²) in [6.45, 7) is 8.72. The van der Waals surface area contributed by atoms with Crippen molar-refractivity contribution in [2.75, 3.05) is 14.1 Å². The standard InChI is InChI=1S/C31H39N3O4/c1-20(2)12-27(34-11-10-23(13-29(34)36)19-33(5)6)28(35)15-24(16-30(37)38)25-14-26(18-32-17-25)31-21(3)8-7-9-22(31)4/h7-11,13-14,17-18,20,24,27H,12,15-16,19H2,1-6H3,(H,37,38)/t24-,27-/m0/s1. The zero-order chi connectivity index (χ0) is 28.0. The van der Waals surface area contributed by atoms with E-state index in [1.807, 2.05) is 77.0 Å². The summed E-state index contributed by atoms with van der Waals surface area (Å²) in [4.78, 5) is 45.0. The minimum atomic E-state index is -0.981. The quantitative estimate of drug-likeness (QED) is 0.346. The van der Waals surface area contributed by atoms with Crippen LogP contribution >= 0.6 is 0 Å². The molecule has 0 bridgehead atoms. The second-order valence-electron chi connectivity index (χ2n) is 10.9. The number of hydrogen-bond acceptors (Lipinski definition) is 5. The highest BCUT2D eigenvalue weighted by Gasteiger charge is 2.28. The van der Waals surface area contributed by atoms with Gasteiger partial charge in [0, 0.05) is 49.1 Å². The molecule has 0 fully saturated rings. The molecule has 0 saturated heterocycles. The highest BCUT2D eigenvalue weighted by Crippen LogP contribution is 2.32. The molecule has 3 aromatic rings. The molecule has 0 unspecified atom stereocenters. The Bertz CT molecular complexity index is 1320. The Hall–Kier alpha value is -3.58. The van der Waals surface area contributed by atoms with Gasteiger partial charge in [-0.2, -0.15) is 0 Å². The molecule has 7 heteroatoms. The lowest BCUT2D eigenvalue weighted by Gasteiger charge is -2.24. The first kappa shape index (κ1) is 29.0. The maximum Gasteiger partial charge on any atom is 0.303 e. The van der Waals surface area contributed by atoms with E-state index in [9.17, 15) is 19.5 Å². The smallest absolute Gasteiger partial charge is 0.303 e. The molecule has 0 aliphatic rings. The highest BCUT2D eigenvalue weighted by molar-refractivity contribution is 5.84. The van der Waals surface area contributed by atoms with E-state index < -0.39 is 17.9 Å². The van der Waals surface area contributed by atoms with Crippen molar-refractivity contribution < 1.29 is 14.7 Å². The first-order valence-electron chi connectivity index (χ1n) is 13.1. The van der Waals surface area contributed by atoms with E-state index in [2.05, 4.69) is 4.98 Å². The van der Waals surface area contributed by atoms with Crippen molar-refractivity contribution in [3.8, 4) is 11.1 Å². The molecule has 202 valence electrons. The Morgan fingerprint density at radius 2 is 1.71 bits per heavy atom. The van der Waals surface area contributed by atoms with Gasteiger partial charge in [0.2, 0.25) is 0 Å². The number of hydrogen-bond donors (Lipinski definition) is 1. The summed E-state index contributed by atoms with van der Waals surface area (Å²) in [6, 6.07) is 10.8. The fourth-order valence-corrected chi connectivity index (χ4v) is 5.08. The number of carbonyl (C=O) groups excluding carboxylic acids is 1. The van der Waals surface area contributed by atoms with Crippen LogP contribution in [0.4, 0.5) is 0 Å². The minimum absolute atomic E-state index is 0.00740. The van der Waals surface area contributed by atoms with Crippen molar-refractivity contribution in [2.45, 2.75) is 65.5 Å². The summed E-state index contributed by atoms with van der Waals surface area (Å²) in [6.07, 6.45) is 5.42. The van der Waals surface area contributed by atoms with Crippen LogP contribution in [0.2, 0.25) is 0 Å². The maximum absolute atomic E-state index is 13.7. The predicted octanol–water partition coefficient (Wildman–Crippen LogP) is 5.39. The number of aliphatic carboxylic acids is 1. The average molecular weight is 518 g/mol. The third kappa shape index (κ3) is 7.48. The summed E-state index contributed by atoms with van der Waals surface area (Å²) in [5.74, 6) is -1.52. The van der Waals surface area contributed by atoms with Crippen LogP contribution in [0.15, 0.2) is 59.8 Å². The lowest BCUT2D eigenvalue weighted by atomic mass is 9.86. The van der Waals surface area contributed by atoms with Gasteiger partial charge < -0.3 is 14.6 Å². The van der Waals surface area contributed by atoms with Gasteiger partial charge in [0.15, 0.2) is 5.78 Å². The zero-order valence-electron chi connectivity index (χ0n) is 23.3. The first-order valence-corrected chi connectivity index (χ1v) is 13.1. The van der Waals surface area contributed by atoms with Gasteiger partial charge in [0.05, 0.1) is 12.5 Å². The number of rotatable bonds is 12. The summed E-state index contributed by atoms with van der Waals surface area (Å²) in [5, 5.41) is 9.69. The number of benzene rings is 1. The van der Waals surface area contributed by atoms with Gasteiger partial charge in [-0.1, -0.05) is 32.0 Å². The van der Waals surface area contributed by atoms with Crippen LogP contribution in [0.5, 0.6) is 0 Å². The first-order chi connectivity index (χ1) is 18.0. The van der Waals surface area contributed by atoms with Crippen molar-refractivity contribution in [3.63, 3.8) is 0 Å². The van der Waals surface area contributed by atoms with E-state index in [0.717, 1.165) is 27.8 Å². The van der Waals surface area contributed by atoms with Crippen LogP contribution in [-0.2, 0) is 16.1 Å².